The second-order valence-electron chi connectivity index (χ2n) is 10.5. The van der Waals surface area contributed by atoms with E-state index in [-0.39, 0.29) is 17.1 Å². The molecule has 1 amide bonds. The number of nitrogens with zero attached hydrogens (tertiary/aromatic N) is 4. The molecule has 1 unspecified atom stereocenters. The van der Waals surface area contributed by atoms with Crippen molar-refractivity contribution in [2.45, 2.75) is 85.3 Å². The lowest BCUT2D eigenvalue weighted by Gasteiger charge is -2.33. The molecule has 1 aliphatic carbocycles. The minimum Gasteiger partial charge on any atom is -0.316 e. The first kappa shape index (κ1) is 26.9. The summed E-state index contributed by atoms with van der Waals surface area (Å²) in [4.78, 5) is 15.5. The van der Waals surface area contributed by atoms with Crippen molar-refractivity contribution in [1.29, 1.82) is 5.26 Å². The van der Waals surface area contributed by atoms with E-state index in [2.05, 4.69) is 73.1 Å². The highest BCUT2D eigenvalue weighted by Crippen LogP contribution is 2.44. The Morgan fingerprint density at radius 1 is 1.33 bits per heavy atom. The van der Waals surface area contributed by atoms with Crippen LogP contribution in [0.5, 0.6) is 0 Å². The quantitative estimate of drug-likeness (QED) is 0.307. The molecule has 9 heteroatoms. The molecule has 192 valence electrons. The topological polar surface area (TPSA) is 83.6 Å². The van der Waals surface area contributed by atoms with Crippen molar-refractivity contribution in [3.05, 3.63) is 31.8 Å². The first-order chi connectivity index (χ1) is 17.2. The number of thioether (sulfide) groups is 1. The summed E-state index contributed by atoms with van der Waals surface area (Å²) < 4.78 is 2.13. The summed E-state index contributed by atoms with van der Waals surface area (Å²) in [6.45, 7) is 14.1. The fourth-order valence-electron chi connectivity index (χ4n) is 4.95. The first-order valence-corrected chi connectivity index (χ1v) is 15.3. The van der Waals surface area contributed by atoms with Crippen LogP contribution in [0.2, 0.25) is 0 Å². The van der Waals surface area contributed by atoms with E-state index >= 15 is 0 Å². The maximum atomic E-state index is 12.9. The Balaban J connectivity index is 1.48. The number of amides is 1. The van der Waals surface area contributed by atoms with E-state index in [1.54, 1.807) is 22.7 Å². The molecule has 3 aromatic rings. The second kappa shape index (κ2) is 11.1. The zero-order chi connectivity index (χ0) is 26.0. The van der Waals surface area contributed by atoms with Crippen LogP contribution in [0, 0.1) is 29.6 Å². The van der Waals surface area contributed by atoms with Gasteiger partial charge in [0.05, 0.1) is 11.3 Å². The van der Waals surface area contributed by atoms with Crippen LogP contribution in [0.25, 0.3) is 11.4 Å². The van der Waals surface area contributed by atoms with E-state index in [1.807, 2.05) is 0 Å². The average molecular weight is 542 g/mol. The van der Waals surface area contributed by atoms with Gasteiger partial charge in [0.15, 0.2) is 11.0 Å². The fraction of sp³-hybridized carbons (Fsp3) is 0.556. The van der Waals surface area contributed by atoms with Crippen LogP contribution in [0.15, 0.2) is 10.5 Å². The zero-order valence-electron chi connectivity index (χ0n) is 22.0. The van der Waals surface area contributed by atoms with Crippen molar-refractivity contribution >= 4 is 45.3 Å². The van der Waals surface area contributed by atoms with Gasteiger partial charge in [-0.15, -0.1) is 32.9 Å². The van der Waals surface area contributed by atoms with Gasteiger partial charge in [0.25, 0.3) is 0 Å². The third-order valence-corrected chi connectivity index (χ3v) is 10.1. The van der Waals surface area contributed by atoms with Gasteiger partial charge in [-0.25, -0.2) is 0 Å². The summed E-state index contributed by atoms with van der Waals surface area (Å²) in [5.41, 5.74) is 4.49. The molecule has 0 spiro atoms. The minimum atomic E-state index is -0.115. The highest BCUT2D eigenvalue weighted by Gasteiger charge is 2.32. The average Bonchev–Trinajstić information content (AvgIpc) is 3.50. The van der Waals surface area contributed by atoms with E-state index in [4.69, 9.17) is 0 Å². The molecule has 36 heavy (non-hydrogen) atoms. The Bertz CT molecular complexity index is 1290. The number of aromatic nitrogens is 3. The number of rotatable bonds is 8. The SMILES string of the molecule is CCCn1c(SCC(=O)Nc2sc3c(c2C#N)CCC(C(C)(C)C)C3)nnc1-c1csc(C)c1CC. The number of anilines is 1. The summed E-state index contributed by atoms with van der Waals surface area (Å²) in [6.07, 6.45) is 4.89. The lowest BCUT2D eigenvalue weighted by atomic mass is 9.72. The van der Waals surface area contributed by atoms with Gasteiger partial charge < -0.3 is 9.88 Å². The van der Waals surface area contributed by atoms with Crippen LogP contribution in [0.1, 0.15) is 73.9 Å². The third-order valence-electron chi connectivity index (χ3n) is 7.05. The first-order valence-electron chi connectivity index (χ1n) is 12.7. The highest BCUT2D eigenvalue weighted by atomic mass is 32.2. The predicted molar refractivity (Wildman–Crippen MR) is 151 cm³/mol. The number of nitriles is 1. The molecule has 0 aromatic carbocycles. The van der Waals surface area contributed by atoms with Gasteiger partial charge in [-0.2, -0.15) is 5.26 Å². The Morgan fingerprint density at radius 2 is 2.11 bits per heavy atom. The van der Waals surface area contributed by atoms with E-state index in [1.165, 1.54) is 27.1 Å². The summed E-state index contributed by atoms with van der Waals surface area (Å²) in [6, 6.07) is 2.36. The Labute approximate surface area is 226 Å². The molecule has 4 rings (SSSR count). The smallest absolute Gasteiger partial charge is 0.235 e. The van der Waals surface area contributed by atoms with Crippen LogP contribution in [-0.4, -0.2) is 26.4 Å². The van der Waals surface area contributed by atoms with Crippen LogP contribution in [-0.2, 0) is 30.6 Å². The lowest BCUT2D eigenvalue weighted by Crippen LogP contribution is -2.26. The zero-order valence-corrected chi connectivity index (χ0v) is 24.5. The van der Waals surface area contributed by atoms with E-state index < -0.39 is 0 Å². The summed E-state index contributed by atoms with van der Waals surface area (Å²) in [5.74, 6) is 1.58. The van der Waals surface area contributed by atoms with E-state index in [0.29, 0.717) is 16.5 Å². The molecule has 0 aliphatic heterocycles. The second-order valence-corrected chi connectivity index (χ2v) is 13.6. The van der Waals surface area contributed by atoms with Gasteiger partial charge in [-0.3, -0.25) is 4.79 Å². The molecule has 1 aliphatic rings. The van der Waals surface area contributed by atoms with Gasteiger partial charge in [0.2, 0.25) is 5.91 Å². The van der Waals surface area contributed by atoms with Gasteiger partial charge in [0.1, 0.15) is 11.1 Å². The molecule has 3 heterocycles. The Morgan fingerprint density at radius 3 is 2.78 bits per heavy atom. The third kappa shape index (κ3) is 5.41. The van der Waals surface area contributed by atoms with Crippen LogP contribution in [0.3, 0.4) is 0 Å². The molecule has 0 saturated heterocycles. The van der Waals surface area contributed by atoms with Crippen molar-refractivity contribution in [2.24, 2.45) is 11.3 Å². The van der Waals surface area contributed by atoms with Crippen molar-refractivity contribution in [1.82, 2.24) is 14.8 Å². The van der Waals surface area contributed by atoms with Gasteiger partial charge in [-0.05, 0) is 61.5 Å². The summed E-state index contributed by atoms with van der Waals surface area (Å²) in [5, 5.41) is 25.4. The van der Waals surface area contributed by atoms with Gasteiger partial charge in [-0.1, -0.05) is 46.4 Å². The predicted octanol–water partition coefficient (Wildman–Crippen LogP) is 7.10. The van der Waals surface area contributed by atoms with Gasteiger partial charge >= 0.3 is 0 Å². The number of hydrogen-bond acceptors (Lipinski definition) is 7. The number of thiophene rings is 2. The maximum absolute atomic E-state index is 12.9. The number of aryl methyl sites for hydroxylation is 1. The normalized spacial score (nSPS) is 15.5. The molecule has 6 nitrogen and oxygen atoms in total. The maximum Gasteiger partial charge on any atom is 0.235 e. The van der Waals surface area contributed by atoms with E-state index in [0.717, 1.165) is 60.8 Å². The van der Waals surface area contributed by atoms with Crippen LogP contribution < -0.4 is 5.32 Å². The molecule has 0 fully saturated rings. The molecular weight excluding hydrogens is 507 g/mol. The van der Waals surface area contributed by atoms with Crippen molar-refractivity contribution < 1.29 is 4.79 Å². The number of fused-ring (bicyclic) bond motifs is 1. The minimum absolute atomic E-state index is 0.115. The van der Waals surface area contributed by atoms with Crippen molar-refractivity contribution in [3.63, 3.8) is 0 Å². The Hall–Kier alpha value is -2.15. The fourth-order valence-corrected chi connectivity index (χ4v) is 7.95. The largest absolute Gasteiger partial charge is 0.316 e. The monoisotopic (exact) mass is 541 g/mol. The number of carbonyl (C=O) groups excluding carboxylic acids is 1. The van der Waals surface area contributed by atoms with Crippen molar-refractivity contribution in [3.8, 4) is 17.5 Å². The van der Waals surface area contributed by atoms with Gasteiger partial charge in [0, 0.05) is 27.2 Å². The standard InChI is InChI=1S/C27H35N5OS3/c1-7-11-32-24(21-14-34-16(3)18(21)8-2)30-31-26(32)35-15-23(33)29-25-20(13-28)19-10-9-17(27(4,5)6)12-22(19)36-25/h14,17H,7-12,15H2,1-6H3,(H,29,33). The number of hydrogen-bond donors (Lipinski definition) is 1. The number of nitrogens with one attached hydrogen (secondary N) is 1. The molecule has 1 atom stereocenters. The molecule has 3 aromatic heterocycles. The lowest BCUT2D eigenvalue weighted by molar-refractivity contribution is -0.113. The summed E-state index contributed by atoms with van der Waals surface area (Å²) >= 11 is 4.73. The highest BCUT2D eigenvalue weighted by molar-refractivity contribution is 7.99. The summed E-state index contributed by atoms with van der Waals surface area (Å²) in [7, 11) is 0. The van der Waals surface area contributed by atoms with E-state index in [9.17, 15) is 10.1 Å². The molecular formula is C27H35N5OS3. The molecule has 0 radical (unpaired) electrons. The molecule has 1 N–H and O–H groups in total. The molecule has 0 bridgehead atoms. The van der Waals surface area contributed by atoms with Crippen LogP contribution >= 0.6 is 34.4 Å². The molecule has 0 saturated carbocycles. The Kier molecular flexibility index (Phi) is 8.28. The van der Waals surface area contributed by atoms with Crippen LogP contribution in [0.4, 0.5) is 5.00 Å². The number of carbonyl (C=O) groups is 1. The van der Waals surface area contributed by atoms with Crippen molar-refractivity contribution in [2.75, 3.05) is 11.1 Å².